The molecule has 0 radical (unpaired) electrons. The summed E-state index contributed by atoms with van der Waals surface area (Å²) < 4.78 is 33.2. The summed E-state index contributed by atoms with van der Waals surface area (Å²) in [5, 5.41) is 0. The predicted octanol–water partition coefficient (Wildman–Crippen LogP) is 0.935. The van der Waals surface area contributed by atoms with E-state index < -0.39 is 10.2 Å². The molecule has 0 bridgehead atoms. The molecule has 0 spiro atoms. The Bertz CT molecular complexity index is 533. The Balaban J connectivity index is 2.01. The number of piperidine rings is 1. The van der Waals surface area contributed by atoms with E-state index in [1.54, 1.807) is 17.6 Å². The van der Waals surface area contributed by atoms with Crippen LogP contribution in [0.4, 0.5) is 0 Å². The highest BCUT2D eigenvalue weighted by atomic mass is 32.2. The third kappa shape index (κ3) is 3.22. The summed E-state index contributed by atoms with van der Waals surface area (Å²) >= 11 is 0. The van der Waals surface area contributed by atoms with E-state index >= 15 is 0 Å². The second-order valence-electron chi connectivity index (χ2n) is 5.34. The highest BCUT2D eigenvalue weighted by Gasteiger charge is 2.31. The van der Waals surface area contributed by atoms with Gasteiger partial charge in [-0.25, -0.2) is 0 Å². The van der Waals surface area contributed by atoms with E-state index in [-0.39, 0.29) is 0 Å². The molecule has 0 unspecified atom stereocenters. The first-order valence-corrected chi connectivity index (χ1v) is 8.29. The minimum atomic E-state index is -3.40. The lowest BCUT2D eigenvalue weighted by molar-refractivity contribution is 0.262. The molecule has 1 saturated heterocycles. The number of nitrogens with two attached hydrogens (primary N) is 1. The molecule has 1 aromatic heterocycles. The van der Waals surface area contributed by atoms with Gasteiger partial charge in [-0.1, -0.05) is 0 Å². The van der Waals surface area contributed by atoms with Crippen LogP contribution in [0.25, 0.3) is 0 Å². The van der Waals surface area contributed by atoms with Crippen LogP contribution in [-0.4, -0.2) is 43.7 Å². The zero-order chi connectivity index (χ0) is 14.8. The number of rotatable bonds is 5. The van der Waals surface area contributed by atoms with Gasteiger partial charge in [-0.15, -0.1) is 0 Å². The molecule has 0 aromatic carbocycles. The zero-order valence-electron chi connectivity index (χ0n) is 12.1. The molecule has 0 atom stereocenters. The van der Waals surface area contributed by atoms with Crippen molar-refractivity contribution in [2.75, 3.05) is 26.7 Å². The number of aryl methyl sites for hydroxylation is 1. The highest BCUT2D eigenvalue weighted by Crippen LogP contribution is 2.21. The number of nitrogens with zero attached hydrogens (tertiary/aromatic N) is 2. The first-order valence-electron chi connectivity index (χ1n) is 6.89. The lowest BCUT2D eigenvalue weighted by Gasteiger charge is -2.33. The molecule has 1 aromatic rings. The largest absolute Gasteiger partial charge is 0.469 e. The van der Waals surface area contributed by atoms with Crippen LogP contribution in [-0.2, 0) is 16.8 Å². The van der Waals surface area contributed by atoms with E-state index in [2.05, 4.69) is 0 Å². The quantitative estimate of drug-likeness (QED) is 0.877. The van der Waals surface area contributed by atoms with Gasteiger partial charge in [-0.05, 0) is 38.3 Å². The molecule has 1 aliphatic heterocycles. The molecule has 2 heterocycles. The lowest BCUT2D eigenvalue weighted by atomic mass is 9.99. The molecule has 114 valence electrons. The van der Waals surface area contributed by atoms with E-state index in [9.17, 15) is 8.42 Å². The van der Waals surface area contributed by atoms with Gasteiger partial charge in [0.05, 0.1) is 6.26 Å². The Morgan fingerprint density at radius 2 is 2.10 bits per heavy atom. The van der Waals surface area contributed by atoms with E-state index in [0.717, 1.165) is 24.2 Å². The fourth-order valence-corrected chi connectivity index (χ4v) is 3.84. The molecule has 0 aliphatic carbocycles. The minimum absolute atomic E-state index is 0.335. The number of furan rings is 1. The van der Waals surface area contributed by atoms with Crippen LogP contribution >= 0.6 is 0 Å². The molecule has 0 saturated carbocycles. The smallest absolute Gasteiger partial charge is 0.282 e. The van der Waals surface area contributed by atoms with Crippen molar-refractivity contribution in [3.05, 3.63) is 23.7 Å². The van der Waals surface area contributed by atoms with Gasteiger partial charge in [0.25, 0.3) is 10.2 Å². The average molecular weight is 301 g/mol. The number of hydrogen-bond acceptors (Lipinski definition) is 4. The van der Waals surface area contributed by atoms with E-state index in [1.807, 2.05) is 13.0 Å². The Kier molecular flexibility index (Phi) is 4.85. The van der Waals surface area contributed by atoms with Gasteiger partial charge in [0.15, 0.2) is 0 Å². The van der Waals surface area contributed by atoms with Gasteiger partial charge in [0.2, 0.25) is 0 Å². The van der Waals surface area contributed by atoms with Gasteiger partial charge >= 0.3 is 0 Å². The summed E-state index contributed by atoms with van der Waals surface area (Å²) in [6, 6.07) is 1.81. The SMILES string of the molecule is Cc1occc1CN(C)S(=O)(=O)N1CCC(CN)CC1. The summed E-state index contributed by atoms with van der Waals surface area (Å²) in [7, 11) is -1.79. The van der Waals surface area contributed by atoms with Gasteiger partial charge in [-0.3, -0.25) is 0 Å². The topological polar surface area (TPSA) is 79.8 Å². The Morgan fingerprint density at radius 3 is 2.60 bits per heavy atom. The minimum Gasteiger partial charge on any atom is -0.469 e. The van der Waals surface area contributed by atoms with Crippen LogP contribution in [0.15, 0.2) is 16.7 Å². The summed E-state index contributed by atoms with van der Waals surface area (Å²) in [6.07, 6.45) is 3.26. The van der Waals surface area contributed by atoms with Crippen LogP contribution in [0.2, 0.25) is 0 Å². The molecule has 2 rings (SSSR count). The van der Waals surface area contributed by atoms with Crippen LogP contribution in [0.5, 0.6) is 0 Å². The van der Waals surface area contributed by atoms with Crippen LogP contribution in [0.3, 0.4) is 0 Å². The van der Waals surface area contributed by atoms with Crippen molar-refractivity contribution in [1.82, 2.24) is 8.61 Å². The maximum atomic E-state index is 12.5. The predicted molar refractivity (Wildman–Crippen MR) is 77.2 cm³/mol. The van der Waals surface area contributed by atoms with Crippen molar-refractivity contribution in [2.24, 2.45) is 11.7 Å². The van der Waals surface area contributed by atoms with Crippen molar-refractivity contribution in [3.63, 3.8) is 0 Å². The maximum absolute atomic E-state index is 12.5. The third-order valence-electron chi connectivity index (χ3n) is 3.99. The molecule has 1 fully saturated rings. The first-order chi connectivity index (χ1) is 9.45. The normalized spacial score (nSPS) is 18.8. The second kappa shape index (κ2) is 6.26. The summed E-state index contributed by atoms with van der Waals surface area (Å²) in [4.78, 5) is 0. The monoisotopic (exact) mass is 301 g/mol. The van der Waals surface area contributed by atoms with E-state index in [4.69, 9.17) is 10.2 Å². The van der Waals surface area contributed by atoms with Gasteiger partial charge in [0, 0.05) is 32.2 Å². The maximum Gasteiger partial charge on any atom is 0.282 e. The zero-order valence-corrected chi connectivity index (χ0v) is 12.9. The van der Waals surface area contributed by atoms with Crippen molar-refractivity contribution in [2.45, 2.75) is 26.3 Å². The number of hydrogen-bond donors (Lipinski definition) is 1. The summed E-state index contributed by atoms with van der Waals surface area (Å²) in [5.41, 5.74) is 6.53. The molecule has 0 amide bonds. The van der Waals surface area contributed by atoms with Gasteiger partial charge in [-0.2, -0.15) is 17.0 Å². The summed E-state index contributed by atoms with van der Waals surface area (Å²) in [6.45, 7) is 3.92. The molecule has 20 heavy (non-hydrogen) atoms. The van der Waals surface area contributed by atoms with Crippen LogP contribution in [0, 0.1) is 12.8 Å². The molecule has 2 N–H and O–H groups in total. The first kappa shape index (κ1) is 15.5. The molecular weight excluding hydrogens is 278 g/mol. The summed E-state index contributed by atoms with van der Waals surface area (Å²) in [5.74, 6) is 1.21. The van der Waals surface area contributed by atoms with Crippen molar-refractivity contribution >= 4 is 10.2 Å². The van der Waals surface area contributed by atoms with Crippen LogP contribution < -0.4 is 5.73 Å². The van der Waals surface area contributed by atoms with Crippen LogP contribution in [0.1, 0.15) is 24.2 Å². The van der Waals surface area contributed by atoms with E-state index in [1.165, 1.54) is 4.31 Å². The van der Waals surface area contributed by atoms with Crippen molar-refractivity contribution in [3.8, 4) is 0 Å². The second-order valence-corrected chi connectivity index (χ2v) is 7.38. The Labute approximate surface area is 120 Å². The fourth-order valence-electron chi connectivity index (χ4n) is 2.47. The Hall–Kier alpha value is -0.890. The standard InChI is InChI=1S/C13H23N3O3S/c1-11-13(5-8-19-11)10-15(2)20(17,18)16-6-3-12(9-14)4-7-16/h5,8,12H,3-4,6-7,9-10,14H2,1-2H3. The third-order valence-corrected chi connectivity index (χ3v) is 5.92. The van der Waals surface area contributed by atoms with Gasteiger partial charge < -0.3 is 10.2 Å². The molecular formula is C13H23N3O3S. The average Bonchev–Trinajstić information content (AvgIpc) is 2.84. The molecule has 7 heteroatoms. The van der Waals surface area contributed by atoms with Crippen molar-refractivity contribution < 1.29 is 12.8 Å². The van der Waals surface area contributed by atoms with Gasteiger partial charge in [0.1, 0.15) is 5.76 Å². The molecule has 1 aliphatic rings. The molecule has 6 nitrogen and oxygen atoms in total. The Morgan fingerprint density at radius 1 is 1.45 bits per heavy atom. The fraction of sp³-hybridized carbons (Fsp3) is 0.692. The van der Waals surface area contributed by atoms with E-state index in [0.29, 0.717) is 32.1 Å². The lowest BCUT2D eigenvalue weighted by Crippen LogP contribution is -2.46. The highest BCUT2D eigenvalue weighted by molar-refractivity contribution is 7.86. The van der Waals surface area contributed by atoms with Crippen molar-refractivity contribution in [1.29, 1.82) is 0 Å².